The minimum absolute atomic E-state index is 0.637. The number of nitrogens with zero attached hydrogens (tertiary/aromatic N) is 2. The highest BCUT2D eigenvalue weighted by molar-refractivity contribution is 5.80. The molecule has 0 aromatic rings. The third kappa shape index (κ3) is 1.85. The fraction of sp³-hybridized carbons (Fsp3) is 0.900. The van der Waals surface area contributed by atoms with E-state index < -0.39 is 0 Å². The summed E-state index contributed by atoms with van der Waals surface area (Å²) in [4.78, 5) is 4.69. The Morgan fingerprint density at radius 1 is 1.31 bits per heavy atom. The molecule has 1 unspecified atom stereocenters. The molecule has 2 rings (SSSR count). The average molecular weight is 181 g/mol. The normalized spacial score (nSPS) is 31.3. The smallest absolute Gasteiger partial charge is 0.0960 e. The van der Waals surface area contributed by atoms with E-state index in [2.05, 4.69) is 16.8 Å². The molecule has 74 valence electrons. The summed E-state index contributed by atoms with van der Waals surface area (Å²) in [6.45, 7) is 3.48. The van der Waals surface area contributed by atoms with Crippen molar-refractivity contribution in [2.24, 2.45) is 0 Å². The molecule has 2 aliphatic rings. The molecule has 0 aliphatic carbocycles. The molecule has 0 spiro atoms. The van der Waals surface area contributed by atoms with Crippen molar-refractivity contribution >= 4 is 5.84 Å². The van der Waals surface area contributed by atoms with Gasteiger partial charge in [0.1, 0.15) is 0 Å². The second kappa shape index (κ2) is 3.66. The number of likely N-dealkylation sites (tertiary alicyclic amines) is 2. The van der Waals surface area contributed by atoms with Crippen molar-refractivity contribution in [3.8, 4) is 0 Å². The predicted molar refractivity (Wildman–Crippen MR) is 54.2 cm³/mol. The van der Waals surface area contributed by atoms with Crippen molar-refractivity contribution in [3.63, 3.8) is 0 Å². The zero-order valence-corrected chi connectivity index (χ0v) is 8.42. The van der Waals surface area contributed by atoms with E-state index >= 15 is 0 Å². The van der Waals surface area contributed by atoms with Crippen molar-refractivity contribution in [2.45, 2.75) is 31.7 Å². The van der Waals surface area contributed by atoms with Crippen LogP contribution >= 0.6 is 0 Å². The molecular weight excluding hydrogens is 162 g/mol. The first-order chi connectivity index (χ1) is 6.27. The maximum Gasteiger partial charge on any atom is 0.0960 e. The van der Waals surface area contributed by atoms with Gasteiger partial charge >= 0.3 is 0 Å². The Morgan fingerprint density at radius 3 is 2.77 bits per heavy atom. The fourth-order valence-electron chi connectivity index (χ4n) is 2.42. The molecule has 1 N–H and O–H groups in total. The molecule has 0 amide bonds. The van der Waals surface area contributed by atoms with Crippen molar-refractivity contribution in [1.29, 1.82) is 5.41 Å². The van der Waals surface area contributed by atoms with Gasteiger partial charge in [-0.15, -0.1) is 0 Å². The van der Waals surface area contributed by atoms with E-state index in [-0.39, 0.29) is 0 Å². The summed E-state index contributed by atoms with van der Waals surface area (Å²) >= 11 is 0. The summed E-state index contributed by atoms with van der Waals surface area (Å²) in [6, 6.07) is 0.637. The summed E-state index contributed by atoms with van der Waals surface area (Å²) in [5.41, 5.74) is 0. The van der Waals surface area contributed by atoms with Crippen LogP contribution in [-0.4, -0.2) is 48.4 Å². The first kappa shape index (κ1) is 9.00. The molecule has 2 aliphatic heterocycles. The van der Waals surface area contributed by atoms with Gasteiger partial charge in [-0.1, -0.05) is 0 Å². The number of amidine groups is 1. The van der Waals surface area contributed by atoms with Crippen LogP contribution in [0, 0.1) is 5.41 Å². The second-order valence-corrected chi connectivity index (χ2v) is 4.30. The van der Waals surface area contributed by atoms with Crippen LogP contribution in [0.2, 0.25) is 0 Å². The lowest BCUT2D eigenvalue weighted by Crippen LogP contribution is -2.44. The Morgan fingerprint density at radius 2 is 2.15 bits per heavy atom. The fourth-order valence-corrected chi connectivity index (χ4v) is 2.42. The van der Waals surface area contributed by atoms with Crippen LogP contribution in [-0.2, 0) is 0 Å². The number of hydrogen-bond donors (Lipinski definition) is 1. The summed E-state index contributed by atoms with van der Waals surface area (Å²) in [7, 11) is 2.17. The summed E-state index contributed by atoms with van der Waals surface area (Å²) in [5.74, 6) is 0.881. The molecule has 0 radical (unpaired) electrons. The van der Waals surface area contributed by atoms with E-state index in [1.165, 1.54) is 25.8 Å². The topological polar surface area (TPSA) is 30.3 Å². The molecule has 2 fully saturated rings. The van der Waals surface area contributed by atoms with Gasteiger partial charge in [-0.25, -0.2) is 0 Å². The van der Waals surface area contributed by atoms with Gasteiger partial charge in [0, 0.05) is 25.6 Å². The Kier molecular flexibility index (Phi) is 2.54. The molecule has 3 heteroatoms. The summed E-state index contributed by atoms with van der Waals surface area (Å²) < 4.78 is 0. The van der Waals surface area contributed by atoms with E-state index in [1.54, 1.807) is 0 Å². The number of rotatable bonds is 1. The number of hydrogen-bond acceptors (Lipinski definition) is 2. The Bertz CT molecular complexity index is 202. The van der Waals surface area contributed by atoms with Crippen LogP contribution in [0.1, 0.15) is 25.7 Å². The van der Waals surface area contributed by atoms with Crippen LogP contribution in [0.3, 0.4) is 0 Å². The van der Waals surface area contributed by atoms with Crippen molar-refractivity contribution in [1.82, 2.24) is 9.80 Å². The standard InChI is InChI=1S/C10H19N3/c1-12-7-5-9(8-12)13-6-3-2-4-10(13)11/h9,11H,2-8H2,1H3. The lowest BCUT2D eigenvalue weighted by atomic mass is 10.1. The van der Waals surface area contributed by atoms with Gasteiger partial charge in [-0.3, -0.25) is 5.41 Å². The molecule has 2 saturated heterocycles. The molecular formula is C10H19N3. The third-order valence-electron chi connectivity index (χ3n) is 3.22. The Hall–Kier alpha value is -0.570. The lowest BCUT2D eigenvalue weighted by Gasteiger charge is -2.34. The molecule has 0 aromatic heterocycles. The predicted octanol–water partition coefficient (Wildman–Crippen LogP) is 1.15. The zero-order chi connectivity index (χ0) is 9.26. The third-order valence-corrected chi connectivity index (χ3v) is 3.22. The number of nitrogens with one attached hydrogen (secondary N) is 1. The van der Waals surface area contributed by atoms with Crippen molar-refractivity contribution < 1.29 is 0 Å². The maximum absolute atomic E-state index is 7.88. The highest BCUT2D eigenvalue weighted by Crippen LogP contribution is 2.20. The van der Waals surface area contributed by atoms with Crippen LogP contribution < -0.4 is 0 Å². The maximum atomic E-state index is 7.88. The van der Waals surface area contributed by atoms with Crippen LogP contribution in [0.25, 0.3) is 0 Å². The molecule has 0 bridgehead atoms. The van der Waals surface area contributed by atoms with Gasteiger partial charge in [-0.2, -0.15) is 0 Å². The molecule has 2 heterocycles. The second-order valence-electron chi connectivity index (χ2n) is 4.30. The van der Waals surface area contributed by atoms with Crippen LogP contribution in [0.15, 0.2) is 0 Å². The minimum Gasteiger partial charge on any atom is -0.356 e. The molecule has 0 saturated carbocycles. The van der Waals surface area contributed by atoms with Gasteiger partial charge in [0.15, 0.2) is 0 Å². The quantitative estimate of drug-likeness (QED) is 0.658. The number of piperidine rings is 1. The molecule has 13 heavy (non-hydrogen) atoms. The largest absolute Gasteiger partial charge is 0.356 e. The molecule has 0 aromatic carbocycles. The minimum atomic E-state index is 0.637. The van der Waals surface area contributed by atoms with Gasteiger partial charge in [0.25, 0.3) is 0 Å². The molecule has 1 atom stereocenters. The highest BCUT2D eigenvalue weighted by Gasteiger charge is 2.28. The zero-order valence-electron chi connectivity index (χ0n) is 8.42. The van der Waals surface area contributed by atoms with E-state index in [0.29, 0.717) is 6.04 Å². The van der Waals surface area contributed by atoms with E-state index in [4.69, 9.17) is 5.41 Å². The van der Waals surface area contributed by atoms with Gasteiger partial charge < -0.3 is 9.80 Å². The van der Waals surface area contributed by atoms with E-state index in [0.717, 1.165) is 25.3 Å². The first-order valence-corrected chi connectivity index (χ1v) is 5.30. The summed E-state index contributed by atoms with van der Waals surface area (Å²) in [6.07, 6.45) is 4.75. The Balaban J connectivity index is 1.95. The SMILES string of the molecule is CN1CCC(N2CCCCC2=N)C1. The summed E-state index contributed by atoms with van der Waals surface area (Å²) in [5, 5.41) is 7.88. The highest BCUT2D eigenvalue weighted by atomic mass is 15.3. The van der Waals surface area contributed by atoms with Gasteiger partial charge in [-0.05, 0) is 32.9 Å². The van der Waals surface area contributed by atoms with Crippen molar-refractivity contribution in [2.75, 3.05) is 26.7 Å². The lowest BCUT2D eigenvalue weighted by molar-refractivity contribution is 0.275. The van der Waals surface area contributed by atoms with Gasteiger partial charge in [0.05, 0.1) is 5.84 Å². The Labute approximate surface area is 80.2 Å². The van der Waals surface area contributed by atoms with E-state index in [1.807, 2.05) is 0 Å². The monoisotopic (exact) mass is 181 g/mol. The van der Waals surface area contributed by atoms with Crippen LogP contribution in [0.5, 0.6) is 0 Å². The molecule has 3 nitrogen and oxygen atoms in total. The number of likely N-dealkylation sites (N-methyl/N-ethyl adjacent to an activating group) is 1. The first-order valence-electron chi connectivity index (χ1n) is 5.30. The van der Waals surface area contributed by atoms with Crippen LogP contribution in [0.4, 0.5) is 0 Å². The van der Waals surface area contributed by atoms with E-state index in [9.17, 15) is 0 Å². The van der Waals surface area contributed by atoms with Gasteiger partial charge in [0.2, 0.25) is 0 Å². The van der Waals surface area contributed by atoms with Crippen molar-refractivity contribution in [3.05, 3.63) is 0 Å². The average Bonchev–Trinajstić information content (AvgIpc) is 2.53.